The Labute approximate surface area is 145 Å². The van der Waals surface area contributed by atoms with Crippen LogP contribution in [-0.2, 0) is 0 Å². The van der Waals surface area contributed by atoms with Crippen molar-refractivity contribution in [2.75, 3.05) is 5.32 Å². The molecule has 0 aliphatic carbocycles. The van der Waals surface area contributed by atoms with E-state index < -0.39 is 0 Å². The summed E-state index contributed by atoms with van der Waals surface area (Å²) in [6, 6.07) is 12.2. The predicted molar refractivity (Wildman–Crippen MR) is 105 cm³/mol. The maximum absolute atomic E-state index is 4.33. The molecule has 2 rings (SSSR count). The van der Waals surface area contributed by atoms with Crippen LogP contribution in [0.3, 0.4) is 0 Å². The molecule has 0 unspecified atom stereocenters. The number of rotatable bonds is 7. The molecule has 0 bridgehead atoms. The first-order valence-electron chi connectivity index (χ1n) is 8.10. The van der Waals surface area contributed by atoms with E-state index in [4.69, 9.17) is 0 Å². The Morgan fingerprint density at radius 2 is 2.08 bits per heavy atom. The third-order valence-corrected chi connectivity index (χ3v) is 3.61. The number of nitrogens with zero attached hydrogens (tertiary/aromatic N) is 1. The van der Waals surface area contributed by atoms with Gasteiger partial charge in [-0.2, -0.15) is 0 Å². The van der Waals surface area contributed by atoms with Gasteiger partial charge in [0.1, 0.15) is 5.82 Å². The van der Waals surface area contributed by atoms with Gasteiger partial charge in [-0.3, -0.25) is 0 Å². The molecular weight excluding hydrogens is 292 g/mol. The van der Waals surface area contributed by atoms with Gasteiger partial charge in [-0.1, -0.05) is 56.5 Å². The lowest BCUT2D eigenvalue weighted by Gasteiger charge is -2.07. The minimum atomic E-state index is 0.849. The molecule has 0 atom stereocenters. The smallest absolute Gasteiger partial charge is 0.130 e. The van der Waals surface area contributed by atoms with Gasteiger partial charge >= 0.3 is 0 Å². The molecule has 0 amide bonds. The van der Waals surface area contributed by atoms with Gasteiger partial charge in [0.25, 0.3) is 0 Å². The molecule has 0 saturated carbocycles. The average molecular weight is 316 g/mol. The fourth-order valence-corrected chi connectivity index (χ4v) is 2.27. The number of allylic oxidation sites excluding steroid dienone is 5. The van der Waals surface area contributed by atoms with E-state index in [-0.39, 0.29) is 0 Å². The lowest BCUT2D eigenvalue weighted by molar-refractivity contribution is 1.15. The molecule has 0 fully saturated rings. The second kappa shape index (κ2) is 8.68. The van der Waals surface area contributed by atoms with Crippen LogP contribution in [0.4, 0.5) is 11.5 Å². The van der Waals surface area contributed by atoms with Gasteiger partial charge in [0.15, 0.2) is 0 Å². The lowest BCUT2D eigenvalue weighted by atomic mass is 10.1. The highest BCUT2D eigenvalue weighted by Gasteiger charge is 1.97. The van der Waals surface area contributed by atoms with Crippen molar-refractivity contribution in [2.24, 2.45) is 0 Å². The molecule has 122 valence electrons. The van der Waals surface area contributed by atoms with Gasteiger partial charge in [-0.25, -0.2) is 4.98 Å². The zero-order chi connectivity index (χ0) is 17.4. The number of benzene rings is 1. The van der Waals surface area contributed by atoms with Crippen molar-refractivity contribution in [2.45, 2.75) is 20.3 Å². The Hall–Kier alpha value is -2.87. The fraction of sp³-hybridized carbons (Fsp3) is 0.136. The van der Waals surface area contributed by atoms with Gasteiger partial charge in [0.2, 0.25) is 0 Å². The first-order chi connectivity index (χ1) is 11.6. The maximum atomic E-state index is 4.33. The molecule has 0 spiro atoms. The van der Waals surface area contributed by atoms with Crippen LogP contribution in [-0.4, -0.2) is 4.98 Å². The number of nitrogens with one attached hydrogen (secondary N) is 1. The number of aryl methyl sites for hydroxylation is 1. The molecule has 1 N–H and O–H groups in total. The number of hydrogen-bond donors (Lipinski definition) is 1. The largest absolute Gasteiger partial charge is 0.340 e. The molecule has 1 heterocycles. The molecule has 0 saturated heterocycles. The maximum Gasteiger partial charge on any atom is 0.130 e. The summed E-state index contributed by atoms with van der Waals surface area (Å²) >= 11 is 0. The van der Waals surface area contributed by atoms with Crippen molar-refractivity contribution < 1.29 is 0 Å². The van der Waals surface area contributed by atoms with Crippen molar-refractivity contribution in [3.8, 4) is 0 Å². The summed E-state index contributed by atoms with van der Waals surface area (Å²) in [6.45, 7) is 12.0. The quantitative estimate of drug-likeness (QED) is 0.613. The van der Waals surface area contributed by atoms with Crippen molar-refractivity contribution in [1.29, 1.82) is 0 Å². The highest BCUT2D eigenvalue weighted by molar-refractivity contribution is 5.63. The average Bonchev–Trinajstić information content (AvgIpc) is 2.58. The summed E-state index contributed by atoms with van der Waals surface area (Å²) in [5.74, 6) is 0.849. The van der Waals surface area contributed by atoms with Crippen molar-refractivity contribution in [3.05, 3.63) is 96.3 Å². The van der Waals surface area contributed by atoms with Gasteiger partial charge in [0, 0.05) is 11.9 Å². The number of aromatic nitrogens is 1. The van der Waals surface area contributed by atoms with Crippen LogP contribution in [0, 0.1) is 6.92 Å². The van der Waals surface area contributed by atoms with Crippen molar-refractivity contribution in [1.82, 2.24) is 4.98 Å². The van der Waals surface area contributed by atoms with Gasteiger partial charge < -0.3 is 5.32 Å². The monoisotopic (exact) mass is 316 g/mol. The van der Waals surface area contributed by atoms with Crippen LogP contribution >= 0.6 is 0 Å². The molecule has 1 aromatic carbocycles. The minimum Gasteiger partial charge on any atom is -0.340 e. The lowest BCUT2D eigenvalue weighted by Crippen LogP contribution is -1.93. The zero-order valence-electron chi connectivity index (χ0n) is 14.4. The number of pyridine rings is 1. The highest BCUT2D eigenvalue weighted by Crippen LogP contribution is 2.18. The van der Waals surface area contributed by atoms with E-state index in [9.17, 15) is 0 Å². The van der Waals surface area contributed by atoms with E-state index in [1.807, 2.05) is 42.6 Å². The van der Waals surface area contributed by atoms with Crippen LogP contribution in [0.1, 0.15) is 24.5 Å². The molecular formula is C22H24N2. The van der Waals surface area contributed by atoms with E-state index in [2.05, 4.69) is 61.6 Å². The molecule has 1 aromatic heterocycles. The Morgan fingerprint density at radius 3 is 2.79 bits per heavy atom. The van der Waals surface area contributed by atoms with Gasteiger partial charge in [0.05, 0.1) is 0 Å². The number of hydrogen-bond acceptors (Lipinski definition) is 2. The van der Waals surface area contributed by atoms with Crippen molar-refractivity contribution >= 4 is 17.6 Å². The van der Waals surface area contributed by atoms with E-state index in [1.165, 1.54) is 11.1 Å². The van der Waals surface area contributed by atoms with Gasteiger partial charge in [-0.05, 0) is 59.9 Å². The van der Waals surface area contributed by atoms with Gasteiger partial charge in [-0.15, -0.1) is 0 Å². The Bertz CT molecular complexity index is 782. The normalized spacial score (nSPS) is 11.5. The summed E-state index contributed by atoms with van der Waals surface area (Å²) in [4.78, 5) is 4.33. The van der Waals surface area contributed by atoms with Crippen LogP contribution in [0.2, 0.25) is 0 Å². The van der Waals surface area contributed by atoms with E-state index in [0.29, 0.717) is 0 Å². The molecule has 2 aromatic rings. The summed E-state index contributed by atoms with van der Waals surface area (Å²) < 4.78 is 0. The number of anilines is 2. The zero-order valence-corrected chi connectivity index (χ0v) is 14.4. The van der Waals surface area contributed by atoms with Crippen LogP contribution in [0.15, 0.2) is 85.1 Å². The first-order valence-corrected chi connectivity index (χ1v) is 8.10. The standard InChI is InChI=1S/C22H24N2/c1-5-19(6-2)14-17(3)10-11-20-8-7-9-21(16-20)24-22-15-18(4)12-13-23-22/h5,7-16H,1,3,6H2,2,4H3,(H,23,24). The van der Waals surface area contributed by atoms with Crippen LogP contribution < -0.4 is 5.32 Å². The van der Waals surface area contributed by atoms with E-state index in [1.54, 1.807) is 0 Å². The van der Waals surface area contributed by atoms with Crippen LogP contribution in [0.5, 0.6) is 0 Å². The summed E-state index contributed by atoms with van der Waals surface area (Å²) in [7, 11) is 0. The second-order valence-electron chi connectivity index (χ2n) is 5.65. The Kier molecular flexibility index (Phi) is 6.32. The Balaban J connectivity index is 2.10. The molecule has 24 heavy (non-hydrogen) atoms. The predicted octanol–water partition coefficient (Wildman–Crippen LogP) is 6.23. The molecule has 0 radical (unpaired) electrons. The van der Waals surface area contributed by atoms with E-state index >= 15 is 0 Å². The third kappa shape index (κ3) is 5.40. The third-order valence-electron chi connectivity index (χ3n) is 3.61. The molecule has 0 aliphatic heterocycles. The fourth-order valence-electron chi connectivity index (χ4n) is 2.27. The van der Waals surface area contributed by atoms with Crippen LogP contribution in [0.25, 0.3) is 6.08 Å². The topological polar surface area (TPSA) is 24.9 Å². The summed E-state index contributed by atoms with van der Waals surface area (Å²) in [6.07, 6.45) is 10.8. The minimum absolute atomic E-state index is 0.849. The first kappa shape index (κ1) is 17.5. The molecule has 0 aliphatic rings. The summed E-state index contributed by atoms with van der Waals surface area (Å²) in [5.41, 5.74) is 5.45. The molecule has 2 heteroatoms. The summed E-state index contributed by atoms with van der Waals surface area (Å²) in [5, 5.41) is 3.33. The molecule has 2 nitrogen and oxygen atoms in total. The SMILES string of the molecule is C=CC(=CC(=C)C=Cc1cccc(Nc2cc(C)ccn2)c1)CC. The second-order valence-corrected chi connectivity index (χ2v) is 5.65. The Morgan fingerprint density at radius 1 is 1.25 bits per heavy atom. The van der Waals surface area contributed by atoms with Crippen molar-refractivity contribution in [3.63, 3.8) is 0 Å². The van der Waals surface area contributed by atoms with E-state index in [0.717, 1.165) is 29.1 Å². The highest BCUT2D eigenvalue weighted by atomic mass is 15.0.